The van der Waals surface area contributed by atoms with Crippen LogP contribution in [0.2, 0.25) is 0 Å². The third-order valence-corrected chi connectivity index (χ3v) is 3.41. The lowest BCUT2D eigenvalue weighted by Crippen LogP contribution is -2.50. The summed E-state index contributed by atoms with van der Waals surface area (Å²) in [5, 5.41) is 8.81. The van der Waals surface area contributed by atoms with Gasteiger partial charge in [0.05, 0.1) is 18.5 Å². The topological polar surface area (TPSA) is 50.6 Å². The first-order valence-electron chi connectivity index (χ1n) is 6.65. The van der Waals surface area contributed by atoms with Crippen molar-refractivity contribution >= 4 is 5.91 Å². The first-order valence-corrected chi connectivity index (χ1v) is 6.65. The second-order valence-corrected chi connectivity index (χ2v) is 5.04. The minimum atomic E-state index is -0.0229. The predicted octanol–water partition coefficient (Wildman–Crippen LogP) is 0.242. The molecule has 0 aromatic carbocycles. The van der Waals surface area contributed by atoms with Crippen molar-refractivity contribution in [1.82, 2.24) is 14.7 Å². The van der Waals surface area contributed by atoms with Crippen molar-refractivity contribution in [3.8, 4) is 6.07 Å². The van der Waals surface area contributed by atoms with Gasteiger partial charge in [-0.2, -0.15) is 5.26 Å². The van der Waals surface area contributed by atoms with Gasteiger partial charge >= 0.3 is 0 Å². The van der Waals surface area contributed by atoms with Crippen LogP contribution in [0.3, 0.4) is 0 Å². The fourth-order valence-electron chi connectivity index (χ4n) is 2.08. The Morgan fingerprint density at radius 2 is 2.00 bits per heavy atom. The van der Waals surface area contributed by atoms with Gasteiger partial charge in [-0.3, -0.25) is 9.69 Å². The molecule has 0 aromatic heterocycles. The van der Waals surface area contributed by atoms with Gasteiger partial charge in [-0.15, -0.1) is 0 Å². The molecule has 5 heteroatoms. The molecule has 1 unspecified atom stereocenters. The summed E-state index contributed by atoms with van der Waals surface area (Å²) in [6, 6.07) is 2.22. The number of rotatable bonds is 5. The quantitative estimate of drug-likeness (QED) is 0.703. The zero-order chi connectivity index (χ0) is 13.5. The smallest absolute Gasteiger partial charge is 0.236 e. The number of carbonyl (C=O) groups excluding carboxylic acids is 1. The highest BCUT2D eigenvalue weighted by molar-refractivity contribution is 5.78. The lowest BCUT2D eigenvalue weighted by molar-refractivity contribution is -0.134. The van der Waals surface area contributed by atoms with Gasteiger partial charge < -0.3 is 9.80 Å². The van der Waals surface area contributed by atoms with E-state index in [9.17, 15) is 4.79 Å². The summed E-state index contributed by atoms with van der Waals surface area (Å²) in [6.45, 7) is 9.38. The number of amides is 1. The molecule has 1 atom stereocenters. The van der Waals surface area contributed by atoms with Gasteiger partial charge in [0, 0.05) is 32.7 Å². The van der Waals surface area contributed by atoms with E-state index in [2.05, 4.69) is 22.9 Å². The maximum absolute atomic E-state index is 12.1. The molecule has 1 saturated heterocycles. The highest BCUT2D eigenvalue weighted by Gasteiger charge is 2.21. The molecule has 18 heavy (non-hydrogen) atoms. The Hall–Kier alpha value is -1.12. The molecule has 1 heterocycles. The van der Waals surface area contributed by atoms with Crippen LogP contribution in [-0.4, -0.2) is 73.5 Å². The van der Waals surface area contributed by atoms with Crippen LogP contribution in [-0.2, 0) is 4.79 Å². The van der Waals surface area contributed by atoms with Gasteiger partial charge in [0.2, 0.25) is 5.91 Å². The number of hydrogen-bond donors (Lipinski definition) is 0. The molecule has 1 amide bonds. The minimum absolute atomic E-state index is 0.0229. The Kier molecular flexibility index (Phi) is 6.10. The fraction of sp³-hybridized carbons (Fsp3) is 0.846. The van der Waals surface area contributed by atoms with E-state index in [0.29, 0.717) is 13.1 Å². The maximum atomic E-state index is 12.1. The summed E-state index contributed by atoms with van der Waals surface area (Å²) in [5.74, 6) is 0.167. The number of hydrogen-bond acceptors (Lipinski definition) is 4. The number of carbonyl (C=O) groups is 1. The van der Waals surface area contributed by atoms with Crippen LogP contribution in [0.5, 0.6) is 0 Å². The molecular formula is C13H24N4O. The summed E-state index contributed by atoms with van der Waals surface area (Å²) in [5.41, 5.74) is 0. The van der Waals surface area contributed by atoms with E-state index >= 15 is 0 Å². The third kappa shape index (κ3) is 4.63. The number of nitrogens with zero attached hydrogens (tertiary/aromatic N) is 4. The molecule has 102 valence electrons. The largest absolute Gasteiger partial charge is 0.339 e. The van der Waals surface area contributed by atoms with Gasteiger partial charge in [-0.05, 0) is 20.5 Å². The lowest BCUT2D eigenvalue weighted by Gasteiger charge is -2.34. The SMILES string of the molecule is CCN(CC(=O)N1CCN(C)CC1)CC(C)C#N. The summed E-state index contributed by atoms with van der Waals surface area (Å²) in [4.78, 5) is 18.3. The highest BCUT2D eigenvalue weighted by Crippen LogP contribution is 2.03. The molecule has 0 aliphatic carbocycles. The Bertz CT molecular complexity index is 305. The molecule has 1 rings (SSSR count). The van der Waals surface area contributed by atoms with E-state index in [-0.39, 0.29) is 11.8 Å². The van der Waals surface area contributed by atoms with Crippen LogP contribution in [0.4, 0.5) is 0 Å². The average molecular weight is 252 g/mol. The molecule has 0 bridgehead atoms. The summed E-state index contributed by atoms with van der Waals surface area (Å²) >= 11 is 0. The van der Waals surface area contributed by atoms with Crippen LogP contribution in [0.1, 0.15) is 13.8 Å². The minimum Gasteiger partial charge on any atom is -0.339 e. The molecule has 1 aliphatic rings. The van der Waals surface area contributed by atoms with E-state index in [1.54, 1.807) is 0 Å². The third-order valence-electron chi connectivity index (χ3n) is 3.41. The maximum Gasteiger partial charge on any atom is 0.236 e. The van der Waals surface area contributed by atoms with E-state index < -0.39 is 0 Å². The molecule has 0 saturated carbocycles. The second-order valence-electron chi connectivity index (χ2n) is 5.04. The van der Waals surface area contributed by atoms with Gasteiger partial charge in [0.15, 0.2) is 0 Å². The van der Waals surface area contributed by atoms with Gasteiger partial charge in [-0.25, -0.2) is 0 Å². The predicted molar refractivity (Wildman–Crippen MR) is 71.0 cm³/mol. The summed E-state index contributed by atoms with van der Waals surface area (Å²) < 4.78 is 0. The van der Waals surface area contributed by atoms with E-state index in [0.717, 1.165) is 32.7 Å². The normalized spacial score (nSPS) is 18.7. The Labute approximate surface area is 110 Å². The van der Waals surface area contributed by atoms with Crippen molar-refractivity contribution in [2.75, 3.05) is 52.9 Å². The molecule has 0 radical (unpaired) electrons. The van der Waals surface area contributed by atoms with Crippen LogP contribution < -0.4 is 0 Å². The van der Waals surface area contributed by atoms with Crippen molar-refractivity contribution in [1.29, 1.82) is 5.26 Å². The van der Waals surface area contributed by atoms with E-state index in [4.69, 9.17) is 5.26 Å². The van der Waals surface area contributed by atoms with Gasteiger partial charge in [0.1, 0.15) is 0 Å². The molecule has 5 nitrogen and oxygen atoms in total. The zero-order valence-electron chi connectivity index (χ0n) is 11.7. The first-order chi connectivity index (χ1) is 8.56. The van der Waals surface area contributed by atoms with Crippen LogP contribution >= 0.6 is 0 Å². The standard InChI is InChI=1S/C13H24N4O/c1-4-16(10-12(2)9-14)11-13(18)17-7-5-15(3)6-8-17/h12H,4-8,10-11H2,1-3H3. The highest BCUT2D eigenvalue weighted by atomic mass is 16.2. The molecule has 1 fully saturated rings. The monoisotopic (exact) mass is 252 g/mol. The molecule has 0 aromatic rings. The van der Waals surface area contributed by atoms with Crippen molar-refractivity contribution in [3.63, 3.8) is 0 Å². The van der Waals surface area contributed by atoms with Crippen molar-refractivity contribution in [2.45, 2.75) is 13.8 Å². The van der Waals surface area contributed by atoms with Crippen LogP contribution in [0.15, 0.2) is 0 Å². The Morgan fingerprint density at radius 1 is 1.39 bits per heavy atom. The first kappa shape index (κ1) is 14.9. The molecule has 0 N–H and O–H groups in total. The van der Waals surface area contributed by atoms with Crippen LogP contribution in [0.25, 0.3) is 0 Å². The average Bonchev–Trinajstić information content (AvgIpc) is 2.38. The number of likely N-dealkylation sites (N-methyl/N-ethyl adjacent to an activating group) is 2. The summed E-state index contributed by atoms with van der Waals surface area (Å²) in [6.07, 6.45) is 0. The second kappa shape index (κ2) is 7.34. The Balaban J connectivity index is 2.40. The lowest BCUT2D eigenvalue weighted by atomic mass is 10.2. The fourth-order valence-corrected chi connectivity index (χ4v) is 2.08. The number of nitriles is 1. The Morgan fingerprint density at radius 3 is 2.50 bits per heavy atom. The van der Waals surface area contributed by atoms with Crippen LogP contribution in [0, 0.1) is 17.2 Å². The van der Waals surface area contributed by atoms with Crippen molar-refractivity contribution in [2.24, 2.45) is 5.92 Å². The van der Waals surface area contributed by atoms with Crippen molar-refractivity contribution in [3.05, 3.63) is 0 Å². The zero-order valence-corrected chi connectivity index (χ0v) is 11.7. The molecule has 0 spiro atoms. The molecular weight excluding hydrogens is 228 g/mol. The van der Waals surface area contributed by atoms with E-state index in [1.165, 1.54) is 0 Å². The summed E-state index contributed by atoms with van der Waals surface area (Å²) in [7, 11) is 2.08. The van der Waals surface area contributed by atoms with Gasteiger partial charge in [0.25, 0.3) is 0 Å². The van der Waals surface area contributed by atoms with Gasteiger partial charge in [-0.1, -0.05) is 6.92 Å². The van der Waals surface area contributed by atoms with Crippen molar-refractivity contribution < 1.29 is 4.79 Å². The van der Waals surface area contributed by atoms with E-state index in [1.807, 2.05) is 18.7 Å². The molecule has 1 aliphatic heterocycles. The number of piperazine rings is 1.